The minimum atomic E-state index is -0.161. The van der Waals surface area contributed by atoms with Crippen molar-refractivity contribution in [1.82, 2.24) is 5.32 Å². The number of hydrogen-bond acceptors (Lipinski definition) is 2. The van der Waals surface area contributed by atoms with Gasteiger partial charge in [0.1, 0.15) is 0 Å². The quantitative estimate of drug-likeness (QED) is 0.866. The summed E-state index contributed by atoms with van der Waals surface area (Å²) in [7, 11) is 0. The molecule has 2 nitrogen and oxygen atoms in total. The van der Waals surface area contributed by atoms with Crippen LogP contribution in [0, 0.1) is 0 Å². The van der Waals surface area contributed by atoms with E-state index in [1.807, 2.05) is 45.0 Å². The van der Waals surface area contributed by atoms with Gasteiger partial charge in [0.15, 0.2) is 0 Å². The lowest BCUT2D eigenvalue weighted by molar-refractivity contribution is -0.119. The van der Waals surface area contributed by atoms with E-state index in [2.05, 4.69) is 21.2 Å². The summed E-state index contributed by atoms with van der Waals surface area (Å²) in [6, 6.07) is 7.90. The van der Waals surface area contributed by atoms with Gasteiger partial charge in [-0.1, -0.05) is 12.1 Å². The lowest BCUT2D eigenvalue weighted by atomic mass is 10.1. The van der Waals surface area contributed by atoms with E-state index in [0.717, 1.165) is 9.37 Å². The molecule has 4 heteroatoms. The average Bonchev–Trinajstić information content (AvgIpc) is 2.14. The standard InChI is InChI=1S/C12H16BrNOS/c1-12(2,3)14-11(15)8-16-10-7-5-4-6-9(10)13/h4-7H,8H2,1-3H3,(H,14,15). The zero-order chi connectivity index (χ0) is 12.2. The summed E-state index contributed by atoms with van der Waals surface area (Å²) < 4.78 is 1.03. The van der Waals surface area contributed by atoms with Gasteiger partial charge in [-0.15, -0.1) is 11.8 Å². The molecule has 88 valence electrons. The van der Waals surface area contributed by atoms with Crippen LogP contribution in [0.3, 0.4) is 0 Å². The Morgan fingerprint density at radius 2 is 2.00 bits per heavy atom. The van der Waals surface area contributed by atoms with Gasteiger partial charge in [-0.05, 0) is 48.8 Å². The molecule has 16 heavy (non-hydrogen) atoms. The summed E-state index contributed by atoms with van der Waals surface area (Å²) in [6.45, 7) is 5.94. The van der Waals surface area contributed by atoms with Gasteiger partial charge < -0.3 is 5.32 Å². The molecule has 1 rings (SSSR count). The highest BCUT2D eigenvalue weighted by Crippen LogP contribution is 2.26. The monoisotopic (exact) mass is 301 g/mol. The molecule has 1 N–H and O–H groups in total. The molecule has 1 amide bonds. The first-order valence-corrected chi connectivity index (χ1v) is 6.85. The summed E-state index contributed by atoms with van der Waals surface area (Å²) in [5.41, 5.74) is -0.161. The minimum absolute atomic E-state index is 0.0632. The average molecular weight is 302 g/mol. The first-order chi connectivity index (χ1) is 7.38. The third kappa shape index (κ3) is 5.03. The van der Waals surface area contributed by atoms with Crippen LogP contribution in [0.1, 0.15) is 20.8 Å². The lowest BCUT2D eigenvalue weighted by Crippen LogP contribution is -2.41. The zero-order valence-corrected chi connectivity index (χ0v) is 12.1. The van der Waals surface area contributed by atoms with Gasteiger partial charge in [0.05, 0.1) is 5.75 Å². The third-order valence-corrected chi connectivity index (χ3v) is 3.74. The van der Waals surface area contributed by atoms with E-state index < -0.39 is 0 Å². The van der Waals surface area contributed by atoms with Gasteiger partial charge >= 0.3 is 0 Å². The molecule has 0 aliphatic carbocycles. The second kappa shape index (κ2) is 5.73. The molecule has 0 aliphatic rings. The number of rotatable bonds is 3. The first kappa shape index (κ1) is 13.6. The molecular formula is C12H16BrNOS. The van der Waals surface area contributed by atoms with Crippen molar-refractivity contribution in [3.8, 4) is 0 Å². The topological polar surface area (TPSA) is 29.1 Å². The maximum absolute atomic E-state index is 11.6. The van der Waals surface area contributed by atoms with Crippen LogP contribution in [-0.4, -0.2) is 17.2 Å². The fourth-order valence-corrected chi connectivity index (χ4v) is 2.53. The van der Waals surface area contributed by atoms with Crippen LogP contribution in [0.4, 0.5) is 0 Å². The van der Waals surface area contributed by atoms with Gasteiger partial charge in [0, 0.05) is 14.9 Å². The number of benzene rings is 1. The zero-order valence-electron chi connectivity index (χ0n) is 9.71. The SMILES string of the molecule is CC(C)(C)NC(=O)CSc1ccccc1Br. The van der Waals surface area contributed by atoms with Crippen LogP contribution in [0.15, 0.2) is 33.6 Å². The number of hydrogen-bond donors (Lipinski definition) is 1. The number of carbonyl (C=O) groups is 1. The van der Waals surface area contributed by atoms with E-state index in [1.54, 1.807) is 0 Å². The van der Waals surface area contributed by atoms with Gasteiger partial charge in [-0.3, -0.25) is 4.79 Å². The number of amides is 1. The van der Waals surface area contributed by atoms with Crippen molar-refractivity contribution in [3.05, 3.63) is 28.7 Å². The fraction of sp³-hybridized carbons (Fsp3) is 0.417. The predicted molar refractivity (Wildman–Crippen MR) is 72.8 cm³/mol. The van der Waals surface area contributed by atoms with Crippen molar-refractivity contribution in [3.63, 3.8) is 0 Å². The third-order valence-electron chi connectivity index (χ3n) is 1.71. The highest BCUT2D eigenvalue weighted by atomic mass is 79.9. The summed E-state index contributed by atoms with van der Waals surface area (Å²) in [6.07, 6.45) is 0. The van der Waals surface area contributed by atoms with E-state index in [0.29, 0.717) is 5.75 Å². The summed E-state index contributed by atoms with van der Waals surface area (Å²) in [5.74, 6) is 0.508. The van der Waals surface area contributed by atoms with Crippen molar-refractivity contribution < 1.29 is 4.79 Å². The van der Waals surface area contributed by atoms with Crippen LogP contribution in [0.2, 0.25) is 0 Å². The number of halogens is 1. The number of carbonyl (C=O) groups excluding carboxylic acids is 1. The summed E-state index contributed by atoms with van der Waals surface area (Å²) in [4.78, 5) is 12.7. The second-order valence-corrected chi connectivity index (χ2v) is 6.39. The molecular weight excluding hydrogens is 286 g/mol. The highest BCUT2D eigenvalue weighted by molar-refractivity contribution is 9.10. The Labute approximate surface area is 109 Å². The van der Waals surface area contributed by atoms with E-state index in [1.165, 1.54) is 11.8 Å². The maximum atomic E-state index is 11.6. The van der Waals surface area contributed by atoms with E-state index in [9.17, 15) is 4.79 Å². The van der Waals surface area contributed by atoms with Crippen LogP contribution in [0.5, 0.6) is 0 Å². The normalized spacial score (nSPS) is 11.2. The van der Waals surface area contributed by atoms with Crippen molar-refractivity contribution in [2.24, 2.45) is 0 Å². The smallest absolute Gasteiger partial charge is 0.230 e. The Hall–Kier alpha value is -0.480. The fourth-order valence-electron chi connectivity index (χ4n) is 1.16. The Kier molecular flexibility index (Phi) is 4.87. The van der Waals surface area contributed by atoms with Crippen LogP contribution in [-0.2, 0) is 4.79 Å². The molecule has 0 unspecified atom stereocenters. The lowest BCUT2D eigenvalue weighted by Gasteiger charge is -2.20. The first-order valence-electron chi connectivity index (χ1n) is 5.07. The molecule has 1 aromatic rings. The van der Waals surface area contributed by atoms with Gasteiger partial charge in [0.25, 0.3) is 0 Å². The molecule has 0 fully saturated rings. The van der Waals surface area contributed by atoms with Crippen molar-refractivity contribution >= 4 is 33.6 Å². The maximum Gasteiger partial charge on any atom is 0.230 e. The van der Waals surface area contributed by atoms with Gasteiger partial charge in [-0.25, -0.2) is 0 Å². The Bertz CT molecular complexity index is 374. The molecule has 0 saturated carbocycles. The summed E-state index contributed by atoms with van der Waals surface area (Å²) >= 11 is 4.99. The molecule has 0 spiro atoms. The van der Waals surface area contributed by atoms with Gasteiger partial charge in [0.2, 0.25) is 5.91 Å². The molecule has 1 aromatic carbocycles. The number of nitrogens with one attached hydrogen (secondary N) is 1. The predicted octanol–water partition coefficient (Wildman–Crippen LogP) is 3.46. The van der Waals surface area contributed by atoms with Crippen LogP contribution < -0.4 is 5.32 Å². The Balaban J connectivity index is 2.47. The number of thioether (sulfide) groups is 1. The van der Waals surface area contributed by atoms with Gasteiger partial charge in [-0.2, -0.15) is 0 Å². The van der Waals surface area contributed by atoms with Crippen molar-refractivity contribution in [2.75, 3.05) is 5.75 Å². The molecule has 0 bridgehead atoms. The molecule has 0 heterocycles. The van der Waals surface area contributed by atoms with E-state index in [-0.39, 0.29) is 11.4 Å². The van der Waals surface area contributed by atoms with Crippen LogP contribution in [0.25, 0.3) is 0 Å². The minimum Gasteiger partial charge on any atom is -0.351 e. The Morgan fingerprint density at radius 3 is 2.56 bits per heavy atom. The molecule has 0 radical (unpaired) electrons. The Morgan fingerprint density at radius 1 is 1.38 bits per heavy atom. The second-order valence-electron chi connectivity index (χ2n) is 4.52. The van der Waals surface area contributed by atoms with E-state index in [4.69, 9.17) is 0 Å². The largest absolute Gasteiger partial charge is 0.351 e. The summed E-state index contributed by atoms with van der Waals surface area (Å²) in [5, 5.41) is 2.93. The molecule has 0 saturated heterocycles. The van der Waals surface area contributed by atoms with Crippen molar-refractivity contribution in [1.29, 1.82) is 0 Å². The molecule has 0 aliphatic heterocycles. The molecule has 0 atom stereocenters. The van der Waals surface area contributed by atoms with E-state index >= 15 is 0 Å². The molecule has 0 aromatic heterocycles. The van der Waals surface area contributed by atoms with Crippen LogP contribution >= 0.6 is 27.7 Å². The van der Waals surface area contributed by atoms with Crippen molar-refractivity contribution in [2.45, 2.75) is 31.2 Å². The highest BCUT2D eigenvalue weighted by Gasteiger charge is 2.13.